The number of rotatable bonds is 7. The summed E-state index contributed by atoms with van der Waals surface area (Å²) in [4.78, 5) is 9.35. The second-order valence-corrected chi connectivity index (χ2v) is 5.79. The van der Waals surface area contributed by atoms with Crippen LogP contribution in [0, 0.1) is 0 Å². The van der Waals surface area contributed by atoms with Crippen LogP contribution in [0.1, 0.15) is 24.7 Å². The molecule has 0 aliphatic heterocycles. The number of fused-ring (bicyclic) bond motifs is 1. The summed E-state index contributed by atoms with van der Waals surface area (Å²) in [7, 11) is 3.31. The van der Waals surface area contributed by atoms with Crippen LogP contribution in [0.15, 0.2) is 42.5 Å². The van der Waals surface area contributed by atoms with Gasteiger partial charge < -0.3 is 14.8 Å². The van der Waals surface area contributed by atoms with E-state index in [0.717, 1.165) is 52.4 Å². The zero-order chi connectivity index (χ0) is 17.6. The molecule has 0 radical (unpaired) electrons. The first-order valence-electron chi connectivity index (χ1n) is 8.45. The van der Waals surface area contributed by atoms with Gasteiger partial charge in [-0.3, -0.25) is 0 Å². The fraction of sp³-hybridized carbons (Fsp3) is 0.300. The maximum absolute atomic E-state index is 5.47. The maximum Gasteiger partial charge on any atom is 0.137 e. The van der Waals surface area contributed by atoms with Gasteiger partial charge >= 0.3 is 0 Å². The lowest BCUT2D eigenvalue weighted by atomic mass is 10.1. The zero-order valence-corrected chi connectivity index (χ0v) is 14.9. The van der Waals surface area contributed by atoms with Gasteiger partial charge in [0.1, 0.15) is 23.1 Å². The Morgan fingerprint density at radius 3 is 2.60 bits per heavy atom. The van der Waals surface area contributed by atoms with Crippen molar-refractivity contribution < 1.29 is 9.47 Å². The monoisotopic (exact) mass is 337 g/mol. The van der Waals surface area contributed by atoms with Crippen LogP contribution in [0.4, 0.5) is 5.82 Å². The fourth-order valence-electron chi connectivity index (χ4n) is 2.77. The number of aromatic nitrogens is 2. The zero-order valence-electron chi connectivity index (χ0n) is 14.9. The Balaban J connectivity index is 1.90. The topological polar surface area (TPSA) is 56.3 Å². The molecular formula is C20H23N3O2. The number of nitrogens with one attached hydrogen (secondary N) is 1. The summed E-state index contributed by atoms with van der Waals surface area (Å²) in [6.45, 7) is 2.74. The summed E-state index contributed by atoms with van der Waals surface area (Å²) in [6.07, 6.45) is 1.88. The number of para-hydroxylation sites is 1. The average molecular weight is 337 g/mol. The van der Waals surface area contributed by atoms with E-state index in [1.54, 1.807) is 14.2 Å². The summed E-state index contributed by atoms with van der Waals surface area (Å²) in [5.41, 5.74) is 2.01. The SMILES string of the molecule is CCCc1nc(NCc2ccc(OC)cc2OC)c2ccccc2n1. The van der Waals surface area contributed by atoms with Crippen LogP contribution in [0.25, 0.3) is 10.9 Å². The molecule has 1 N–H and O–H groups in total. The number of methoxy groups -OCH3 is 2. The molecule has 0 saturated heterocycles. The minimum Gasteiger partial charge on any atom is -0.497 e. The minimum absolute atomic E-state index is 0.611. The van der Waals surface area contributed by atoms with Crippen LogP contribution >= 0.6 is 0 Å². The molecule has 0 aliphatic carbocycles. The number of hydrogen-bond acceptors (Lipinski definition) is 5. The molecule has 0 aliphatic rings. The fourth-order valence-corrected chi connectivity index (χ4v) is 2.77. The summed E-state index contributed by atoms with van der Waals surface area (Å²) in [5, 5.41) is 4.47. The third-order valence-electron chi connectivity index (χ3n) is 4.06. The minimum atomic E-state index is 0.611. The first-order valence-corrected chi connectivity index (χ1v) is 8.45. The molecule has 3 aromatic rings. The number of ether oxygens (including phenoxy) is 2. The van der Waals surface area contributed by atoms with E-state index < -0.39 is 0 Å². The van der Waals surface area contributed by atoms with E-state index in [1.165, 1.54) is 0 Å². The van der Waals surface area contributed by atoms with Crippen molar-refractivity contribution in [2.75, 3.05) is 19.5 Å². The number of benzene rings is 2. The predicted molar refractivity (Wildman–Crippen MR) is 100 cm³/mol. The summed E-state index contributed by atoms with van der Waals surface area (Å²) < 4.78 is 10.7. The smallest absolute Gasteiger partial charge is 0.137 e. The van der Waals surface area contributed by atoms with Gasteiger partial charge in [0.25, 0.3) is 0 Å². The first kappa shape index (κ1) is 17.0. The molecule has 2 aromatic carbocycles. The third-order valence-corrected chi connectivity index (χ3v) is 4.06. The highest BCUT2D eigenvalue weighted by molar-refractivity contribution is 5.89. The highest BCUT2D eigenvalue weighted by Gasteiger charge is 2.09. The van der Waals surface area contributed by atoms with Gasteiger partial charge in [-0.05, 0) is 30.7 Å². The van der Waals surface area contributed by atoms with E-state index in [1.807, 2.05) is 42.5 Å². The Bertz CT molecular complexity index is 865. The molecule has 0 spiro atoms. The van der Waals surface area contributed by atoms with Crippen molar-refractivity contribution in [3.05, 3.63) is 53.9 Å². The summed E-state index contributed by atoms with van der Waals surface area (Å²) in [6, 6.07) is 13.9. The van der Waals surface area contributed by atoms with Gasteiger partial charge in [-0.25, -0.2) is 9.97 Å². The average Bonchev–Trinajstić information content (AvgIpc) is 2.66. The van der Waals surface area contributed by atoms with Gasteiger partial charge in [0.2, 0.25) is 0 Å². The van der Waals surface area contributed by atoms with Gasteiger partial charge in [-0.1, -0.05) is 19.1 Å². The Kier molecular flexibility index (Phi) is 5.33. The molecule has 3 rings (SSSR count). The van der Waals surface area contributed by atoms with Gasteiger partial charge in [-0.15, -0.1) is 0 Å². The quantitative estimate of drug-likeness (QED) is 0.700. The number of hydrogen-bond donors (Lipinski definition) is 1. The molecule has 130 valence electrons. The highest BCUT2D eigenvalue weighted by atomic mass is 16.5. The molecule has 5 heteroatoms. The highest BCUT2D eigenvalue weighted by Crippen LogP contribution is 2.26. The van der Waals surface area contributed by atoms with Crippen molar-refractivity contribution in [1.82, 2.24) is 9.97 Å². The van der Waals surface area contributed by atoms with E-state index in [4.69, 9.17) is 14.5 Å². The largest absolute Gasteiger partial charge is 0.497 e. The molecule has 0 unspecified atom stereocenters. The summed E-state index contributed by atoms with van der Waals surface area (Å²) >= 11 is 0. The van der Waals surface area contributed by atoms with E-state index in [-0.39, 0.29) is 0 Å². The van der Waals surface area contributed by atoms with E-state index in [2.05, 4.69) is 17.2 Å². The molecular weight excluding hydrogens is 314 g/mol. The van der Waals surface area contributed by atoms with Crippen LogP contribution in [0.2, 0.25) is 0 Å². The van der Waals surface area contributed by atoms with E-state index >= 15 is 0 Å². The van der Waals surface area contributed by atoms with Crippen molar-refractivity contribution in [3.8, 4) is 11.5 Å². The molecule has 0 saturated carbocycles. The van der Waals surface area contributed by atoms with E-state index in [9.17, 15) is 0 Å². The van der Waals surface area contributed by atoms with Crippen LogP contribution < -0.4 is 14.8 Å². The lowest BCUT2D eigenvalue weighted by Crippen LogP contribution is -2.07. The first-order chi connectivity index (χ1) is 12.2. The predicted octanol–water partition coefficient (Wildman–Crippen LogP) is 4.21. The van der Waals surface area contributed by atoms with Crippen molar-refractivity contribution >= 4 is 16.7 Å². The van der Waals surface area contributed by atoms with Gasteiger partial charge in [0.05, 0.1) is 19.7 Å². The Hall–Kier alpha value is -2.82. The van der Waals surface area contributed by atoms with Crippen molar-refractivity contribution in [1.29, 1.82) is 0 Å². The number of anilines is 1. The Morgan fingerprint density at radius 1 is 1.00 bits per heavy atom. The number of aryl methyl sites for hydroxylation is 1. The molecule has 0 amide bonds. The van der Waals surface area contributed by atoms with Crippen LogP contribution in [0.5, 0.6) is 11.5 Å². The molecule has 25 heavy (non-hydrogen) atoms. The van der Waals surface area contributed by atoms with E-state index in [0.29, 0.717) is 6.54 Å². The molecule has 1 heterocycles. The second-order valence-electron chi connectivity index (χ2n) is 5.79. The van der Waals surface area contributed by atoms with Crippen LogP contribution in [0.3, 0.4) is 0 Å². The molecule has 0 bridgehead atoms. The number of nitrogens with zero attached hydrogens (tertiary/aromatic N) is 2. The normalized spacial score (nSPS) is 10.7. The van der Waals surface area contributed by atoms with Crippen molar-refractivity contribution in [2.24, 2.45) is 0 Å². The van der Waals surface area contributed by atoms with Gasteiger partial charge in [-0.2, -0.15) is 0 Å². The third kappa shape index (κ3) is 3.82. The van der Waals surface area contributed by atoms with Crippen LogP contribution in [-0.4, -0.2) is 24.2 Å². The molecule has 5 nitrogen and oxygen atoms in total. The molecule has 0 fully saturated rings. The Morgan fingerprint density at radius 2 is 1.84 bits per heavy atom. The molecule has 0 atom stereocenters. The standard InChI is InChI=1S/C20H23N3O2/c1-4-7-19-22-17-9-6-5-8-16(17)20(23-19)21-13-14-10-11-15(24-2)12-18(14)25-3/h5-6,8-12H,4,7,13H2,1-3H3,(H,21,22,23). The maximum atomic E-state index is 5.47. The van der Waals surface area contributed by atoms with Crippen molar-refractivity contribution in [2.45, 2.75) is 26.3 Å². The van der Waals surface area contributed by atoms with Gasteiger partial charge in [0, 0.05) is 30.0 Å². The Labute approximate surface area is 148 Å². The lowest BCUT2D eigenvalue weighted by Gasteiger charge is -2.13. The second kappa shape index (κ2) is 7.83. The van der Waals surface area contributed by atoms with Gasteiger partial charge in [0.15, 0.2) is 0 Å². The lowest BCUT2D eigenvalue weighted by molar-refractivity contribution is 0.391. The molecule has 1 aromatic heterocycles. The summed E-state index contributed by atoms with van der Waals surface area (Å²) in [5.74, 6) is 3.29. The van der Waals surface area contributed by atoms with Crippen LogP contribution in [-0.2, 0) is 13.0 Å². The van der Waals surface area contributed by atoms with Crippen molar-refractivity contribution in [3.63, 3.8) is 0 Å².